The zero-order valence-electron chi connectivity index (χ0n) is 15.1. The lowest BCUT2D eigenvalue weighted by molar-refractivity contribution is -0.384. The molecule has 2 aliphatic heterocycles. The number of piperidine rings is 1. The molecule has 0 aliphatic carbocycles. The van der Waals surface area contributed by atoms with E-state index >= 15 is 0 Å². The number of hydrogen-bond donors (Lipinski definition) is 0. The maximum absolute atomic E-state index is 13.3. The second kappa shape index (κ2) is 7.99. The Kier molecular flexibility index (Phi) is 5.70. The van der Waals surface area contributed by atoms with Gasteiger partial charge >= 0.3 is 0 Å². The van der Waals surface area contributed by atoms with Gasteiger partial charge in [-0.05, 0) is 38.3 Å². The minimum Gasteiger partial charge on any atom is -0.363 e. The van der Waals surface area contributed by atoms with Crippen molar-refractivity contribution < 1.29 is 14.1 Å². The molecule has 2 fully saturated rings. The summed E-state index contributed by atoms with van der Waals surface area (Å²) < 4.78 is 13.3. The van der Waals surface area contributed by atoms with Gasteiger partial charge in [-0.15, -0.1) is 0 Å². The lowest BCUT2D eigenvalue weighted by atomic mass is 10.0. The molecule has 26 heavy (non-hydrogen) atoms. The molecule has 1 atom stereocenters. The molecule has 1 aromatic carbocycles. The Hall–Kier alpha value is -2.22. The van der Waals surface area contributed by atoms with E-state index in [2.05, 4.69) is 11.8 Å². The molecule has 0 N–H and O–H groups in total. The topological polar surface area (TPSA) is 69.9 Å². The third-order valence-corrected chi connectivity index (χ3v) is 5.33. The summed E-state index contributed by atoms with van der Waals surface area (Å²) in [5.74, 6) is -0.446. The maximum Gasteiger partial charge on any atom is 0.295 e. The predicted octanol–water partition coefficient (Wildman–Crippen LogP) is 2.26. The van der Waals surface area contributed by atoms with Crippen LogP contribution in [0.25, 0.3) is 0 Å². The molecule has 0 spiro atoms. The molecule has 0 radical (unpaired) electrons. The highest BCUT2D eigenvalue weighted by atomic mass is 19.1. The fraction of sp³-hybridized carbons (Fsp3) is 0.611. The van der Waals surface area contributed by atoms with Crippen molar-refractivity contribution in [2.24, 2.45) is 0 Å². The van der Waals surface area contributed by atoms with Crippen molar-refractivity contribution in [1.82, 2.24) is 9.80 Å². The molecule has 0 aromatic heterocycles. The Morgan fingerprint density at radius 1 is 1.23 bits per heavy atom. The van der Waals surface area contributed by atoms with Gasteiger partial charge in [0.1, 0.15) is 11.5 Å². The van der Waals surface area contributed by atoms with Crippen LogP contribution >= 0.6 is 0 Å². The number of halogens is 1. The van der Waals surface area contributed by atoms with Crippen molar-refractivity contribution in [2.45, 2.75) is 32.2 Å². The van der Waals surface area contributed by atoms with E-state index in [4.69, 9.17) is 0 Å². The number of nitrogens with zero attached hydrogens (tertiary/aromatic N) is 4. The number of piperazine rings is 1. The SMILES string of the molecule is CC1CCCCN1C(=O)CN1CCN(c2ccc(F)cc2[N+](=O)[O-])CC1. The van der Waals surface area contributed by atoms with Crippen LogP contribution in [0.4, 0.5) is 15.8 Å². The van der Waals surface area contributed by atoms with Crippen LogP contribution in [-0.2, 0) is 4.79 Å². The van der Waals surface area contributed by atoms with Gasteiger partial charge in [-0.1, -0.05) is 0 Å². The minimum absolute atomic E-state index is 0.165. The zero-order chi connectivity index (χ0) is 18.7. The molecule has 0 saturated carbocycles. The highest BCUT2D eigenvalue weighted by molar-refractivity contribution is 5.78. The second-order valence-corrected chi connectivity index (χ2v) is 7.09. The van der Waals surface area contributed by atoms with E-state index in [1.165, 1.54) is 18.6 Å². The van der Waals surface area contributed by atoms with Crippen LogP contribution in [0.3, 0.4) is 0 Å². The van der Waals surface area contributed by atoms with Crippen molar-refractivity contribution in [1.29, 1.82) is 0 Å². The average Bonchev–Trinajstić information content (AvgIpc) is 2.62. The Morgan fingerprint density at radius 3 is 2.62 bits per heavy atom. The highest BCUT2D eigenvalue weighted by Crippen LogP contribution is 2.29. The molecule has 2 heterocycles. The highest BCUT2D eigenvalue weighted by Gasteiger charge is 2.28. The fourth-order valence-electron chi connectivity index (χ4n) is 3.81. The number of rotatable bonds is 4. The van der Waals surface area contributed by atoms with Gasteiger partial charge in [-0.3, -0.25) is 19.8 Å². The number of nitro benzene ring substituents is 1. The van der Waals surface area contributed by atoms with Crippen LogP contribution in [0.5, 0.6) is 0 Å². The van der Waals surface area contributed by atoms with Gasteiger partial charge in [0.25, 0.3) is 5.69 Å². The van der Waals surface area contributed by atoms with Gasteiger partial charge in [0.15, 0.2) is 0 Å². The number of amides is 1. The fourth-order valence-corrected chi connectivity index (χ4v) is 3.81. The molecule has 0 bridgehead atoms. The van der Waals surface area contributed by atoms with Crippen LogP contribution in [0.2, 0.25) is 0 Å². The van der Waals surface area contributed by atoms with E-state index in [0.29, 0.717) is 44.5 Å². The first-order valence-electron chi connectivity index (χ1n) is 9.16. The first kappa shape index (κ1) is 18.6. The number of likely N-dealkylation sites (tertiary alicyclic amines) is 1. The predicted molar refractivity (Wildman–Crippen MR) is 96.7 cm³/mol. The van der Waals surface area contributed by atoms with Gasteiger partial charge in [0, 0.05) is 38.8 Å². The molecular formula is C18H25FN4O3. The molecule has 1 aromatic rings. The summed E-state index contributed by atoms with van der Waals surface area (Å²) in [6.45, 7) is 5.80. The number of hydrogen-bond acceptors (Lipinski definition) is 5. The number of carbonyl (C=O) groups is 1. The second-order valence-electron chi connectivity index (χ2n) is 7.09. The van der Waals surface area contributed by atoms with Crippen LogP contribution in [0.15, 0.2) is 18.2 Å². The van der Waals surface area contributed by atoms with Crippen molar-refractivity contribution in [2.75, 3.05) is 44.2 Å². The van der Waals surface area contributed by atoms with E-state index in [1.807, 2.05) is 9.80 Å². The van der Waals surface area contributed by atoms with E-state index < -0.39 is 10.7 Å². The molecule has 1 amide bonds. The van der Waals surface area contributed by atoms with Crippen molar-refractivity contribution >= 4 is 17.3 Å². The van der Waals surface area contributed by atoms with Crippen molar-refractivity contribution in [3.05, 3.63) is 34.1 Å². The quantitative estimate of drug-likeness (QED) is 0.605. The summed E-state index contributed by atoms with van der Waals surface area (Å²) in [4.78, 5) is 29.1. The normalized spacial score (nSPS) is 21.7. The molecule has 2 saturated heterocycles. The van der Waals surface area contributed by atoms with Gasteiger partial charge in [-0.25, -0.2) is 4.39 Å². The van der Waals surface area contributed by atoms with Crippen LogP contribution in [0.1, 0.15) is 26.2 Å². The Bertz CT molecular complexity index is 676. The Morgan fingerprint density at radius 2 is 1.96 bits per heavy atom. The molecular weight excluding hydrogens is 339 g/mol. The maximum atomic E-state index is 13.3. The third-order valence-electron chi connectivity index (χ3n) is 5.33. The largest absolute Gasteiger partial charge is 0.363 e. The van der Waals surface area contributed by atoms with Gasteiger partial charge in [0.2, 0.25) is 5.91 Å². The summed E-state index contributed by atoms with van der Waals surface area (Å²) in [6, 6.07) is 3.97. The summed E-state index contributed by atoms with van der Waals surface area (Å²) in [6.07, 6.45) is 3.31. The van der Waals surface area contributed by atoms with E-state index in [0.717, 1.165) is 25.5 Å². The molecule has 1 unspecified atom stereocenters. The first-order valence-corrected chi connectivity index (χ1v) is 9.16. The number of benzene rings is 1. The third kappa shape index (κ3) is 4.12. The van der Waals surface area contributed by atoms with Crippen LogP contribution in [-0.4, -0.2) is 65.9 Å². The van der Waals surface area contributed by atoms with Gasteiger partial charge in [-0.2, -0.15) is 0 Å². The summed E-state index contributed by atoms with van der Waals surface area (Å²) in [7, 11) is 0. The number of anilines is 1. The Balaban J connectivity index is 1.58. The lowest BCUT2D eigenvalue weighted by Gasteiger charge is -2.38. The van der Waals surface area contributed by atoms with E-state index in [9.17, 15) is 19.3 Å². The van der Waals surface area contributed by atoms with Crippen LogP contribution in [0, 0.1) is 15.9 Å². The standard InChI is InChI=1S/C18H25FN4O3/c1-14-4-2-3-7-22(14)18(24)13-20-8-10-21(11-9-20)16-6-5-15(19)12-17(16)23(25)26/h5-6,12,14H,2-4,7-11,13H2,1H3. The van der Waals surface area contributed by atoms with Crippen molar-refractivity contribution in [3.63, 3.8) is 0 Å². The number of nitro groups is 1. The molecule has 142 valence electrons. The van der Waals surface area contributed by atoms with E-state index in [1.54, 1.807) is 0 Å². The zero-order valence-corrected chi connectivity index (χ0v) is 15.1. The average molecular weight is 364 g/mol. The lowest BCUT2D eigenvalue weighted by Crippen LogP contribution is -2.52. The molecule has 8 heteroatoms. The van der Waals surface area contributed by atoms with Gasteiger partial charge in [0.05, 0.1) is 17.5 Å². The smallest absolute Gasteiger partial charge is 0.295 e. The monoisotopic (exact) mass is 364 g/mol. The Labute approximate surface area is 152 Å². The first-order chi connectivity index (χ1) is 12.5. The summed E-state index contributed by atoms with van der Waals surface area (Å²) >= 11 is 0. The molecule has 3 rings (SSSR count). The minimum atomic E-state index is -0.611. The molecule has 2 aliphatic rings. The summed E-state index contributed by atoms with van der Waals surface area (Å²) in [5.41, 5.74) is 0.226. The number of carbonyl (C=O) groups excluding carboxylic acids is 1. The molecule has 7 nitrogen and oxygen atoms in total. The summed E-state index contributed by atoms with van der Waals surface area (Å²) in [5, 5.41) is 11.2. The van der Waals surface area contributed by atoms with Crippen LogP contribution < -0.4 is 4.90 Å². The van der Waals surface area contributed by atoms with Crippen molar-refractivity contribution in [3.8, 4) is 0 Å². The van der Waals surface area contributed by atoms with Gasteiger partial charge < -0.3 is 9.80 Å². The van der Waals surface area contributed by atoms with E-state index in [-0.39, 0.29) is 11.6 Å².